The maximum absolute atomic E-state index is 14.4. The Bertz CT molecular complexity index is 1910. The number of amides is 7. The fourth-order valence-corrected chi connectivity index (χ4v) is 8.72. The molecule has 1 aliphatic heterocycles. The Morgan fingerprint density at radius 2 is 1.14 bits per heavy atom. The van der Waals surface area contributed by atoms with Gasteiger partial charge in [0.05, 0.1) is 24.6 Å². The summed E-state index contributed by atoms with van der Waals surface area (Å²) in [5.41, 5.74) is 24.5. The van der Waals surface area contributed by atoms with E-state index in [9.17, 15) is 48.3 Å². The zero-order valence-electron chi connectivity index (χ0n) is 44.0. The summed E-state index contributed by atoms with van der Waals surface area (Å²) in [7, 11) is 0. The molecule has 21 heteroatoms. The van der Waals surface area contributed by atoms with Crippen LogP contribution < -0.4 is 60.2 Å². The first-order chi connectivity index (χ1) is 34.8. The zero-order valence-corrected chi connectivity index (χ0v) is 44.0. The Hall–Kier alpha value is -5.35. The van der Waals surface area contributed by atoms with Crippen LogP contribution in [0.3, 0.4) is 0 Å². The van der Waals surface area contributed by atoms with Gasteiger partial charge in [0.1, 0.15) is 24.2 Å². The van der Waals surface area contributed by atoms with Gasteiger partial charge in [-0.05, 0) is 88.4 Å². The third-order valence-corrected chi connectivity index (χ3v) is 12.8. The van der Waals surface area contributed by atoms with E-state index in [0.29, 0.717) is 12.0 Å². The number of aliphatic hydroxyl groups is 1. The van der Waals surface area contributed by atoms with E-state index in [1.807, 2.05) is 27.7 Å². The Morgan fingerprint density at radius 1 is 0.644 bits per heavy atom. The minimum absolute atomic E-state index is 0.0325. The minimum Gasteiger partial charge on any atom is -0.393 e. The van der Waals surface area contributed by atoms with Gasteiger partial charge in [-0.25, -0.2) is 0 Å². The predicted octanol–water partition coefficient (Wildman–Crippen LogP) is 0.0174. The van der Waals surface area contributed by atoms with Crippen molar-refractivity contribution in [3.8, 4) is 0 Å². The number of nitrogens with two attached hydrogens (primary N) is 4. The molecule has 2 rings (SSSR count). The average molecular weight is 1030 g/mol. The first-order valence-corrected chi connectivity index (χ1v) is 26.4. The lowest BCUT2D eigenvalue weighted by molar-refractivity contribution is -0.136. The number of Topliss-reactive ketones (excluding diaryl/α,β-unsaturated/α-hetero) is 2. The van der Waals surface area contributed by atoms with Crippen molar-refractivity contribution in [1.82, 2.24) is 37.2 Å². The lowest BCUT2D eigenvalue weighted by atomic mass is 9.89. The molecule has 0 radical (unpaired) electrons. The largest absolute Gasteiger partial charge is 0.393 e. The summed E-state index contributed by atoms with van der Waals surface area (Å²) < 4.78 is 0. The summed E-state index contributed by atoms with van der Waals surface area (Å²) in [6.07, 6.45) is 3.25. The van der Waals surface area contributed by atoms with E-state index in [1.165, 1.54) is 0 Å². The van der Waals surface area contributed by atoms with Crippen molar-refractivity contribution in [2.24, 2.45) is 46.6 Å². The first kappa shape index (κ1) is 63.8. The van der Waals surface area contributed by atoms with Crippen LogP contribution in [0.5, 0.6) is 0 Å². The fourth-order valence-electron chi connectivity index (χ4n) is 8.72. The Morgan fingerprint density at radius 3 is 1.68 bits per heavy atom. The molecule has 1 aliphatic rings. The molecule has 0 aromatic heterocycles. The topological polar surface area (TPSA) is 362 Å². The first-order valence-electron chi connectivity index (χ1n) is 26.4. The second kappa shape index (κ2) is 35.0. The van der Waals surface area contributed by atoms with Gasteiger partial charge >= 0.3 is 0 Å². The number of nitrogens with one attached hydrogen (secondary N) is 7. The maximum atomic E-state index is 14.4. The van der Waals surface area contributed by atoms with Crippen LogP contribution >= 0.6 is 0 Å². The molecule has 1 heterocycles. The third kappa shape index (κ3) is 24.5. The SMILES string of the molecule is CCCCCCC[C@@H](O)CC(=O)N[C@H](CN)C(=O)C[C@H]1CCNC(=O)[C@H](CC(C)C)NC(=O)[C@H](CCN)NC(=O)[C@H](CCN)NC(=O)[C@H](CC(C)C)NC(=O)[C@@H](Cc2ccccc2)CC(=O)[C@H](CCN)NC1=O. The molecule has 16 N–H and O–H groups in total. The van der Waals surface area contributed by atoms with Gasteiger partial charge in [0.25, 0.3) is 0 Å². The highest BCUT2D eigenvalue weighted by atomic mass is 16.3. The van der Waals surface area contributed by atoms with Crippen LogP contribution in [-0.4, -0.2) is 133 Å². The highest BCUT2D eigenvalue weighted by Crippen LogP contribution is 2.19. The molecule has 0 saturated carbocycles. The van der Waals surface area contributed by atoms with Crippen LogP contribution in [0.25, 0.3) is 0 Å². The number of carbonyl (C=O) groups excluding carboxylic acids is 9. The Labute approximate surface area is 432 Å². The number of hydrogen-bond acceptors (Lipinski definition) is 14. The molecule has 1 aromatic carbocycles. The fraction of sp³-hybridized carbons (Fsp3) is 0.712. The molecule has 0 spiro atoms. The summed E-state index contributed by atoms with van der Waals surface area (Å²) in [5, 5.41) is 29.6. The highest BCUT2D eigenvalue weighted by molar-refractivity contribution is 5.98. The van der Waals surface area contributed by atoms with Crippen LogP contribution in [0.1, 0.15) is 136 Å². The summed E-state index contributed by atoms with van der Waals surface area (Å²) >= 11 is 0. The molecule has 7 amide bonds. The zero-order chi connectivity index (χ0) is 54.5. The minimum atomic E-state index is -1.24. The molecule has 412 valence electrons. The summed E-state index contributed by atoms with van der Waals surface area (Å²) in [6, 6.07) is 1.67. The van der Waals surface area contributed by atoms with Crippen molar-refractivity contribution in [1.29, 1.82) is 0 Å². The van der Waals surface area contributed by atoms with Crippen LogP contribution in [0.4, 0.5) is 0 Å². The van der Waals surface area contributed by atoms with Gasteiger partial charge in [0.2, 0.25) is 41.4 Å². The van der Waals surface area contributed by atoms with E-state index >= 15 is 0 Å². The summed E-state index contributed by atoms with van der Waals surface area (Å²) in [5.74, 6) is -8.45. The maximum Gasteiger partial charge on any atom is 0.243 e. The third-order valence-electron chi connectivity index (χ3n) is 12.8. The number of aliphatic hydroxyl groups excluding tert-OH is 1. The van der Waals surface area contributed by atoms with E-state index < -0.39 is 120 Å². The Kier molecular flexibility index (Phi) is 30.5. The number of rotatable bonds is 25. The quantitative estimate of drug-likeness (QED) is 0.0575. The van der Waals surface area contributed by atoms with Gasteiger partial charge in [0.15, 0.2) is 11.6 Å². The van der Waals surface area contributed by atoms with Crippen LogP contribution in [-0.2, 0) is 49.6 Å². The van der Waals surface area contributed by atoms with E-state index in [2.05, 4.69) is 44.1 Å². The van der Waals surface area contributed by atoms with Gasteiger partial charge in [0, 0.05) is 37.8 Å². The molecule has 1 saturated heterocycles. The van der Waals surface area contributed by atoms with Crippen molar-refractivity contribution in [2.75, 3.05) is 32.7 Å². The van der Waals surface area contributed by atoms with Gasteiger partial charge in [-0.1, -0.05) is 97.1 Å². The molecule has 1 aromatic rings. The second-order valence-electron chi connectivity index (χ2n) is 20.2. The highest BCUT2D eigenvalue weighted by Gasteiger charge is 2.36. The van der Waals surface area contributed by atoms with Crippen molar-refractivity contribution < 1.29 is 48.3 Å². The number of benzene rings is 1. The molecule has 0 unspecified atom stereocenters. The Balaban J connectivity index is 2.66. The van der Waals surface area contributed by atoms with Gasteiger partial charge in [-0.2, -0.15) is 0 Å². The molecular weight excluding hydrogens is 939 g/mol. The van der Waals surface area contributed by atoms with Crippen molar-refractivity contribution in [3.05, 3.63) is 35.9 Å². The van der Waals surface area contributed by atoms with Crippen LogP contribution in [0, 0.1) is 23.7 Å². The monoisotopic (exact) mass is 1030 g/mol. The molecular formula is C52H89N11O10. The van der Waals surface area contributed by atoms with Gasteiger partial charge in [-0.3, -0.25) is 43.2 Å². The summed E-state index contributed by atoms with van der Waals surface area (Å²) in [4.78, 5) is 126. The number of unbranched alkanes of at least 4 members (excludes halogenated alkanes) is 4. The molecule has 21 nitrogen and oxygen atoms in total. The standard InChI is InChI=1S/C52H89N11O10/c1-6-7-8-9-13-16-37(64)30-46(67)58-43(31-56)45(66)28-35-20-24-57-49(70)41(25-32(2)3)63-51(72)40(19-23-55)60-50(71)39(18-22-54)61-52(73)42(26-33(4)5)62-48(69)36(27-34-14-11-10-12-15-34)29-44(65)38(17-21-53)59-47(35)68/h10-12,14-15,32-33,35-43,64H,6-9,13,16-31,53-56H2,1-5H3,(H,57,70)(H,58,67)(H,59,68)(H,60,71)(H,61,73)(H,62,69)(H,63,72)/t35-,36+,37-,38+,39+,40+,41+,42+,43-/m1/s1. The molecule has 0 bridgehead atoms. The molecule has 9 atom stereocenters. The van der Waals surface area contributed by atoms with Crippen molar-refractivity contribution in [2.45, 2.75) is 180 Å². The number of ketones is 2. The summed E-state index contributed by atoms with van der Waals surface area (Å²) in [6.45, 7) is 8.84. The number of hydrogen-bond donors (Lipinski definition) is 12. The lowest BCUT2D eigenvalue weighted by Gasteiger charge is -2.28. The van der Waals surface area contributed by atoms with E-state index in [-0.39, 0.29) is 95.9 Å². The normalized spacial score (nSPS) is 23.3. The predicted molar refractivity (Wildman–Crippen MR) is 279 cm³/mol. The van der Waals surface area contributed by atoms with Crippen molar-refractivity contribution >= 4 is 52.9 Å². The van der Waals surface area contributed by atoms with Crippen LogP contribution in [0.15, 0.2) is 30.3 Å². The molecule has 0 aliphatic carbocycles. The van der Waals surface area contributed by atoms with E-state index in [1.54, 1.807) is 30.3 Å². The van der Waals surface area contributed by atoms with Crippen LogP contribution in [0.2, 0.25) is 0 Å². The lowest BCUT2D eigenvalue weighted by Crippen LogP contribution is -2.59. The van der Waals surface area contributed by atoms with E-state index in [4.69, 9.17) is 22.9 Å². The van der Waals surface area contributed by atoms with E-state index in [0.717, 1.165) is 32.1 Å². The van der Waals surface area contributed by atoms with Gasteiger partial charge < -0.3 is 65.3 Å². The number of carbonyl (C=O) groups is 9. The molecule has 1 fully saturated rings. The second-order valence-corrected chi connectivity index (χ2v) is 20.2. The smallest absolute Gasteiger partial charge is 0.243 e. The molecule has 73 heavy (non-hydrogen) atoms. The average Bonchev–Trinajstić information content (AvgIpc) is 3.33. The van der Waals surface area contributed by atoms with Crippen molar-refractivity contribution in [3.63, 3.8) is 0 Å². The van der Waals surface area contributed by atoms with Gasteiger partial charge in [-0.15, -0.1) is 0 Å².